The van der Waals surface area contributed by atoms with Crippen molar-refractivity contribution in [1.29, 1.82) is 0 Å². The maximum absolute atomic E-state index is 11.8. The van der Waals surface area contributed by atoms with Crippen LogP contribution in [0.3, 0.4) is 0 Å². The Balaban J connectivity index is 2.19. The van der Waals surface area contributed by atoms with Crippen LogP contribution < -0.4 is 10.1 Å². The lowest BCUT2D eigenvalue weighted by Crippen LogP contribution is -2.49. The summed E-state index contributed by atoms with van der Waals surface area (Å²) in [6, 6.07) is 6.40. The molecule has 2 unspecified atom stereocenters. The molecule has 1 aliphatic rings. The van der Waals surface area contributed by atoms with Gasteiger partial charge in [-0.25, -0.2) is 0 Å². The van der Waals surface area contributed by atoms with E-state index in [1.54, 1.807) is 31.4 Å². The van der Waals surface area contributed by atoms with Gasteiger partial charge in [0.25, 0.3) is 0 Å². The number of aliphatic carboxylic acids is 1. The van der Waals surface area contributed by atoms with E-state index < -0.39 is 12.0 Å². The molecule has 0 radical (unpaired) electrons. The summed E-state index contributed by atoms with van der Waals surface area (Å²) >= 11 is 0. The fourth-order valence-electron chi connectivity index (χ4n) is 2.97. The van der Waals surface area contributed by atoms with Crippen LogP contribution in [0.4, 0.5) is 0 Å². The van der Waals surface area contributed by atoms with Crippen molar-refractivity contribution in [3.8, 4) is 5.75 Å². The first-order valence-corrected chi connectivity index (χ1v) is 7.39. The number of benzene rings is 1. The molecule has 0 aromatic heterocycles. The molecule has 1 aromatic carbocycles. The zero-order valence-electron chi connectivity index (χ0n) is 12.9. The minimum absolute atomic E-state index is 0.00120. The van der Waals surface area contributed by atoms with Gasteiger partial charge in [0.2, 0.25) is 5.91 Å². The van der Waals surface area contributed by atoms with Crippen LogP contribution in [0.2, 0.25) is 0 Å². The molecule has 2 rings (SSSR count). The molecule has 0 spiro atoms. The van der Waals surface area contributed by atoms with Crippen molar-refractivity contribution in [3.63, 3.8) is 0 Å². The molecule has 0 saturated carbocycles. The summed E-state index contributed by atoms with van der Waals surface area (Å²) < 4.78 is 5.18. The van der Waals surface area contributed by atoms with E-state index in [1.807, 2.05) is 4.90 Å². The van der Waals surface area contributed by atoms with Gasteiger partial charge in [-0.3, -0.25) is 14.5 Å². The van der Waals surface area contributed by atoms with Gasteiger partial charge in [-0.1, -0.05) is 12.1 Å². The van der Waals surface area contributed by atoms with Crippen LogP contribution in [0.5, 0.6) is 5.75 Å². The number of carboxylic acids is 1. The lowest BCUT2D eigenvalue weighted by Gasteiger charge is -2.36. The number of nitrogens with zero attached hydrogens (tertiary/aromatic N) is 1. The largest absolute Gasteiger partial charge is 0.497 e. The van der Waals surface area contributed by atoms with Crippen LogP contribution in [-0.4, -0.2) is 48.1 Å². The van der Waals surface area contributed by atoms with E-state index in [9.17, 15) is 14.7 Å². The minimum Gasteiger partial charge on any atom is -0.497 e. The molecular formula is C16H22N2O4. The first kappa shape index (κ1) is 16.3. The monoisotopic (exact) mass is 306 g/mol. The third-order valence-corrected chi connectivity index (χ3v) is 3.87. The molecule has 1 fully saturated rings. The molecule has 2 atom stereocenters. The predicted molar refractivity (Wildman–Crippen MR) is 81.8 cm³/mol. The summed E-state index contributed by atoms with van der Waals surface area (Å²) in [7, 11) is 1.56. The third-order valence-electron chi connectivity index (χ3n) is 3.87. The summed E-state index contributed by atoms with van der Waals surface area (Å²) in [5.74, 6) is -0.337. The normalized spacial score (nSPS) is 20.2. The third kappa shape index (κ3) is 3.98. The molecule has 1 heterocycles. The van der Waals surface area contributed by atoms with Crippen LogP contribution in [0.25, 0.3) is 0 Å². The van der Waals surface area contributed by atoms with Gasteiger partial charge in [-0.2, -0.15) is 0 Å². The summed E-state index contributed by atoms with van der Waals surface area (Å²) in [4.78, 5) is 24.9. The molecule has 1 aromatic rings. The second kappa shape index (κ2) is 7.26. The molecule has 6 heteroatoms. The minimum atomic E-state index is -0.892. The Labute approximate surface area is 130 Å². The Morgan fingerprint density at radius 2 is 2.23 bits per heavy atom. The van der Waals surface area contributed by atoms with E-state index in [0.29, 0.717) is 24.4 Å². The van der Waals surface area contributed by atoms with E-state index in [4.69, 9.17) is 4.74 Å². The molecule has 1 aliphatic heterocycles. The van der Waals surface area contributed by atoms with Crippen LogP contribution in [0, 0.1) is 0 Å². The van der Waals surface area contributed by atoms with E-state index in [-0.39, 0.29) is 11.9 Å². The average molecular weight is 306 g/mol. The SMILES string of the molecule is COc1cccc(C(C(=O)O)N2CCCC(NC(C)=O)C2)c1. The Morgan fingerprint density at radius 1 is 1.45 bits per heavy atom. The average Bonchev–Trinajstić information content (AvgIpc) is 2.47. The highest BCUT2D eigenvalue weighted by Gasteiger charge is 2.32. The fourth-order valence-corrected chi connectivity index (χ4v) is 2.97. The van der Waals surface area contributed by atoms with Gasteiger partial charge in [0, 0.05) is 19.5 Å². The van der Waals surface area contributed by atoms with Crippen LogP contribution in [0.1, 0.15) is 31.4 Å². The Morgan fingerprint density at radius 3 is 2.86 bits per heavy atom. The maximum Gasteiger partial charge on any atom is 0.325 e. The van der Waals surface area contributed by atoms with Gasteiger partial charge in [0.05, 0.1) is 7.11 Å². The number of hydrogen-bond acceptors (Lipinski definition) is 4. The lowest BCUT2D eigenvalue weighted by molar-refractivity contribution is -0.144. The van der Waals surface area contributed by atoms with Crippen molar-refractivity contribution < 1.29 is 19.4 Å². The summed E-state index contributed by atoms with van der Waals surface area (Å²) in [5.41, 5.74) is 0.690. The number of carbonyl (C=O) groups excluding carboxylic acids is 1. The molecule has 120 valence electrons. The number of amides is 1. The van der Waals surface area contributed by atoms with E-state index in [1.165, 1.54) is 6.92 Å². The number of methoxy groups -OCH3 is 1. The van der Waals surface area contributed by atoms with Crippen molar-refractivity contribution in [2.75, 3.05) is 20.2 Å². The first-order valence-electron chi connectivity index (χ1n) is 7.39. The van der Waals surface area contributed by atoms with E-state index in [0.717, 1.165) is 12.8 Å². The van der Waals surface area contributed by atoms with Gasteiger partial charge in [-0.15, -0.1) is 0 Å². The Hall–Kier alpha value is -2.08. The van der Waals surface area contributed by atoms with Crippen molar-refractivity contribution in [2.45, 2.75) is 31.8 Å². The standard InChI is InChI=1S/C16H22N2O4/c1-11(19)17-13-6-4-8-18(10-13)15(16(20)21)12-5-3-7-14(9-12)22-2/h3,5,7,9,13,15H,4,6,8,10H2,1-2H3,(H,17,19)(H,20,21). The number of ether oxygens (including phenoxy) is 1. The number of carboxylic acid groups (broad SMARTS) is 1. The zero-order valence-corrected chi connectivity index (χ0v) is 12.9. The van der Waals surface area contributed by atoms with Gasteiger partial charge in [-0.05, 0) is 37.1 Å². The van der Waals surface area contributed by atoms with Crippen LogP contribution in [-0.2, 0) is 9.59 Å². The van der Waals surface area contributed by atoms with Crippen molar-refractivity contribution >= 4 is 11.9 Å². The highest BCUT2D eigenvalue weighted by atomic mass is 16.5. The molecule has 1 saturated heterocycles. The number of likely N-dealkylation sites (tertiary alicyclic amines) is 1. The Bertz CT molecular complexity index is 547. The lowest BCUT2D eigenvalue weighted by atomic mass is 9.99. The summed E-state index contributed by atoms with van der Waals surface area (Å²) in [5, 5.41) is 12.5. The van der Waals surface area contributed by atoms with Gasteiger partial charge in [0.15, 0.2) is 0 Å². The van der Waals surface area contributed by atoms with Crippen molar-refractivity contribution in [3.05, 3.63) is 29.8 Å². The molecular weight excluding hydrogens is 284 g/mol. The molecule has 2 N–H and O–H groups in total. The molecule has 0 bridgehead atoms. The van der Waals surface area contributed by atoms with Crippen molar-refractivity contribution in [2.24, 2.45) is 0 Å². The molecule has 1 amide bonds. The highest BCUT2D eigenvalue weighted by Crippen LogP contribution is 2.27. The molecule has 6 nitrogen and oxygen atoms in total. The van der Waals surface area contributed by atoms with Gasteiger partial charge >= 0.3 is 5.97 Å². The maximum atomic E-state index is 11.8. The molecule has 22 heavy (non-hydrogen) atoms. The zero-order chi connectivity index (χ0) is 16.1. The number of rotatable bonds is 5. The Kier molecular flexibility index (Phi) is 5.38. The van der Waals surface area contributed by atoms with Crippen LogP contribution in [0.15, 0.2) is 24.3 Å². The summed E-state index contributed by atoms with van der Waals surface area (Å²) in [6.07, 6.45) is 1.74. The van der Waals surface area contributed by atoms with Crippen LogP contribution >= 0.6 is 0 Å². The first-order chi connectivity index (χ1) is 10.5. The number of hydrogen-bond donors (Lipinski definition) is 2. The topological polar surface area (TPSA) is 78.9 Å². The predicted octanol–water partition coefficient (Wildman–Crippen LogP) is 1.42. The van der Waals surface area contributed by atoms with Crippen molar-refractivity contribution in [1.82, 2.24) is 10.2 Å². The summed E-state index contributed by atoms with van der Waals surface area (Å²) in [6.45, 7) is 2.72. The van der Waals surface area contributed by atoms with E-state index in [2.05, 4.69) is 5.32 Å². The number of nitrogens with one attached hydrogen (secondary N) is 1. The second-order valence-corrected chi connectivity index (χ2v) is 5.55. The second-order valence-electron chi connectivity index (χ2n) is 5.55. The fraction of sp³-hybridized carbons (Fsp3) is 0.500. The number of carbonyl (C=O) groups is 2. The van der Waals surface area contributed by atoms with Gasteiger partial charge < -0.3 is 15.2 Å². The van der Waals surface area contributed by atoms with E-state index >= 15 is 0 Å². The number of piperidine rings is 1. The quantitative estimate of drug-likeness (QED) is 0.860. The molecule has 0 aliphatic carbocycles. The van der Waals surface area contributed by atoms with Gasteiger partial charge in [0.1, 0.15) is 11.8 Å². The highest BCUT2D eigenvalue weighted by molar-refractivity contribution is 5.76. The smallest absolute Gasteiger partial charge is 0.325 e.